The molecule has 6 heterocycles. The van der Waals surface area contributed by atoms with Crippen molar-refractivity contribution in [3.63, 3.8) is 0 Å². The Bertz CT molecular complexity index is 3880. The summed E-state index contributed by atoms with van der Waals surface area (Å²) in [5, 5.41) is 94.5. The summed E-state index contributed by atoms with van der Waals surface area (Å²) in [5.74, 6) is -14.8. The summed E-state index contributed by atoms with van der Waals surface area (Å²) >= 11 is 6.78. The third-order valence-corrected chi connectivity index (χ3v) is 14.6. The van der Waals surface area contributed by atoms with E-state index in [2.05, 4.69) is 36.9 Å². The van der Waals surface area contributed by atoms with Crippen LogP contribution < -0.4 is 52.8 Å². The molecule has 9 atom stereocenters. The number of benzene rings is 6. The van der Waals surface area contributed by atoms with Crippen molar-refractivity contribution < 1.29 is 83.6 Å². The molecular weight excluding hydrogens is 1120 g/mol. The van der Waals surface area contributed by atoms with Crippen molar-refractivity contribution >= 4 is 69.8 Å². The highest BCUT2D eigenvalue weighted by Crippen LogP contribution is 2.47. The number of halogens is 1. The second-order valence-electron chi connectivity index (χ2n) is 20.0. The van der Waals surface area contributed by atoms with Crippen LogP contribution in [0.1, 0.15) is 70.1 Å². The number of aromatic nitrogens is 1. The van der Waals surface area contributed by atoms with Gasteiger partial charge in [0.05, 0.1) is 17.5 Å². The van der Waals surface area contributed by atoms with E-state index < -0.39 is 159 Å². The van der Waals surface area contributed by atoms with Gasteiger partial charge in [-0.3, -0.25) is 33.6 Å². The summed E-state index contributed by atoms with van der Waals surface area (Å²) in [4.78, 5) is 117. The second-order valence-corrected chi connectivity index (χ2v) is 20.4. The Balaban J connectivity index is 1.12. The van der Waals surface area contributed by atoms with Crippen LogP contribution in [0.2, 0.25) is 5.02 Å². The van der Waals surface area contributed by atoms with Gasteiger partial charge in [-0.1, -0.05) is 54.1 Å². The lowest BCUT2D eigenvalue weighted by Gasteiger charge is -2.31. The van der Waals surface area contributed by atoms with Crippen LogP contribution in [0, 0.1) is 0 Å². The number of carboxylic acids is 1. The van der Waals surface area contributed by atoms with Gasteiger partial charge in [0, 0.05) is 39.9 Å². The van der Waals surface area contributed by atoms with E-state index in [-0.39, 0.29) is 45.2 Å². The number of rotatable bonds is 7. The maximum atomic E-state index is 15.4. The van der Waals surface area contributed by atoms with Gasteiger partial charge in [-0.05, 0) is 94.9 Å². The Kier molecular flexibility index (Phi) is 15.5. The topological polar surface area (TPSA) is 437 Å². The molecule has 27 heteroatoms. The van der Waals surface area contributed by atoms with Crippen LogP contribution in [0.5, 0.6) is 46.0 Å². The zero-order chi connectivity index (χ0) is 60.0. The van der Waals surface area contributed by atoms with E-state index in [4.69, 9.17) is 32.5 Å². The molecule has 7 aromatic rings. The number of phenols is 4. The average Bonchev–Trinajstić information content (AvgIpc) is 1.50. The molecule has 5 aliphatic heterocycles. The van der Waals surface area contributed by atoms with Crippen LogP contribution in [0.4, 0.5) is 0 Å². The predicted octanol–water partition coefficient (Wildman–Crippen LogP) is 2.16. The number of H-pyrrole nitrogens is 1. The van der Waals surface area contributed by atoms with E-state index in [9.17, 15) is 69.3 Å². The summed E-state index contributed by atoms with van der Waals surface area (Å²) in [6, 6.07) is 8.91. The molecule has 0 fully saturated rings. The van der Waals surface area contributed by atoms with E-state index in [0.29, 0.717) is 5.56 Å². The summed E-state index contributed by atoms with van der Waals surface area (Å²) in [6.07, 6.45) is -3.45. The summed E-state index contributed by atoms with van der Waals surface area (Å²) in [5.41, 5.74) is 11.3. The number of fused-ring (bicyclic) bond motifs is 16. The molecule has 11 bridgehead atoms. The Morgan fingerprint density at radius 2 is 1.32 bits per heavy atom. The molecule has 0 radical (unpaired) electrons. The Hall–Kier alpha value is -10.4. The summed E-state index contributed by atoms with van der Waals surface area (Å²) in [7, 11) is 0. The number of carbonyl (C=O) groups excluding carboxylic acids is 7. The molecule has 1 aromatic heterocycles. The number of hydrogen-bond donors (Lipinski definition) is 16. The Morgan fingerprint density at radius 1 is 0.655 bits per heavy atom. The molecule has 0 saturated carbocycles. The average molecular weight is 1170 g/mol. The van der Waals surface area contributed by atoms with Gasteiger partial charge in [-0.2, -0.15) is 0 Å². The highest BCUT2D eigenvalue weighted by molar-refractivity contribution is 6.32. The van der Waals surface area contributed by atoms with Crippen LogP contribution >= 0.6 is 11.6 Å². The van der Waals surface area contributed by atoms with E-state index >= 15 is 4.79 Å². The quantitative estimate of drug-likeness (QED) is 0.109. The number of carboxylic acid groups (broad SMARTS) is 1. The number of nitrogens with one attached hydrogen (secondary N) is 7. The predicted molar refractivity (Wildman–Crippen MR) is 293 cm³/mol. The largest absolute Gasteiger partial charge is 0.508 e. The number of para-hydroxylation sites is 1. The molecule has 26 nitrogen and oxygen atoms in total. The minimum Gasteiger partial charge on any atom is -0.508 e. The molecule has 432 valence electrons. The maximum absolute atomic E-state index is 15.4. The number of aliphatic hydroxyl groups is 2. The van der Waals surface area contributed by atoms with Crippen LogP contribution in [0.15, 0.2) is 115 Å². The molecule has 0 aliphatic carbocycles. The van der Waals surface area contributed by atoms with Crippen molar-refractivity contribution in [2.45, 2.75) is 67.3 Å². The molecule has 0 spiro atoms. The fraction of sp³-hybridized carbons (Fsp3) is 0.193. The molecule has 18 N–H and O–H groups in total. The fourth-order valence-corrected chi connectivity index (χ4v) is 10.3. The molecule has 5 aliphatic rings. The Labute approximate surface area is 478 Å². The number of primary amides is 1. The lowest BCUT2D eigenvalue weighted by molar-refractivity contribution is -0.143. The number of aliphatic carboxylic acids is 1. The zero-order valence-corrected chi connectivity index (χ0v) is 44.1. The number of amides is 7. The standard InChI is InChI=1S/C57H50ClN9O17/c58-32-14-24-8-12-38(32)84-40-17-25-16-39(50(40)74)83-28-9-5-22(6-10-28)48(72)46-56(80)65-45(57(81)82)31-18-27(68)19-37(70)42(31)30-13-23(7-11-36(30)69)43(53(77)67-46)64-54(78)44(25)63-52(76)35(20-41(60)71)62-55(79)47(49(24)73)66-51(75)33(59)15-26-21-61-34-4-2-1-3-29(26)34/h1-14,16-19,21,33,35,43-49,61,68-70,72-74H,15,20,59H2,(H2,60,71)(H,62,79)(H,63,76)(H,64,78)(H,65,80)(H,66,75)(H,67,77)(H,81,82)/t33-,35+,43-,44-,45+,46+,47-,48-,49-/m1/s1. The number of aromatic hydroxyl groups is 4. The van der Waals surface area contributed by atoms with Gasteiger partial charge in [0.25, 0.3) is 0 Å². The fourth-order valence-electron chi connectivity index (χ4n) is 10.1. The lowest BCUT2D eigenvalue weighted by Crippen LogP contribution is -2.59. The monoisotopic (exact) mass is 1170 g/mol. The van der Waals surface area contributed by atoms with Crippen molar-refractivity contribution in [3.8, 4) is 57.1 Å². The van der Waals surface area contributed by atoms with Gasteiger partial charge >= 0.3 is 5.97 Å². The van der Waals surface area contributed by atoms with E-state index in [0.717, 1.165) is 53.4 Å². The lowest BCUT2D eigenvalue weighted by atomic mass is 9.89. The Morgan fingerprint density at radius 3 is 2.04 bits per heavy atom. The summed E-state index contributed by atoms with van der Waals surface area (Å²) < 4.78 is 12.3. The van der Waals surface area contributed by atoms with Crippen molar-refractivity contribution in [2.75, 3.05) is 0 Å². The smallest absolute Gasteiger partial charge is 0.330 e. The van der Waals surface area contributed by atoms with E-state index in [1.807, 2.05) is 6.07 Å². The van der Waals surface area contributed by atoms with Gasteiger partial charge < -0.3 is 93.6 Å². The van der Waals surface area contributed by atoms with Crippen LogP contribution in [0.3, 0.4) is 0 Å². The highest BCUT2D eigenvalue weighted by atomic mass is 35.5. The number of hydrogen-bond acceptors (Lipinski definition) is 17. The normalized spacial score (nSPS) is 21.9. The molecule has 12 rings (SSSR count). The maximum Gasteiger partial charge on any atom is 0.330 e. The van der Waals surface area contributed by atoms with Gasteiger partial charge in [0.1, 0.15) is 71.2 Å². The van der Waals surface area contributed by atoms with Gasteiger partial charge in [-0.15, -0.1) is 0 Å². The summed E-state index contributed by atoms with van der Waals surface area (Å²) in [6.45, 7) is 0. The minimum absolute atomic E-state index is 0.0647. The van der Waals surface area contributed by atoms with Crippen molar-refractivity contribution in [1.82, 2.24) is 36.9 Å². The second kappa shape index (κ2) is 22.9. The van der Waals surface area contributed by atoms with E-state index in [1.165, 1.54) is 42.5 Å². The van der Waals surface area contributed by atoms with Gasteiger partial charge in [-0.25, -0.2) is 4.79 Å². The van der Waals surface area contributed by atoms with Crippen molar-refractivity contribution in [2.24, 2.45) is 11.5 Å². The number of carbonyl (C=O) groups is 8. The number of aromatic amines is 1. The highest BCUT2D eigenvalue weighted by Gasteiger charge is 2.41. The first kappa shape index (κ1) is 56.8. The first-order chi connectivity index (χ1) is 40.0. The minimum atomic E-state index is -2.15. The van der Waals surface area contributed by atoms with E-state index in [1.54, 1.807) is 24.4 Å². The first-order valence-corrected chi connectivity index (χ1v) is 25.9. The number of ether oxygens (including phenoxy) is 2. The van der Waals surface area contributed by atoms with Gasteiger partial charge in [0.2, 0.25) is 47.1 Å². The first-order valence-electron chi connectivity index (χ1n) is 25.5. The molecule has 0 saturated heterocycles. The number of phenolic OH excluding ortho intramolecular Hbond substituents is 4. The third-order valence-electron chi connectivity index (χ3n) is 14.3. The number of aliphatic hydroxyl groups excluding tert-OH is 2. The molecule has 6 aromatic carbocycles. The molecule has 0 unspecified atom stereocenters. The van der Waals surface area contributed by atoms with Crippen LogP contribution in [-0.4, -0.2) is 112 Å². The van der Waals surface area contributed by atoms with Gasteiger partial charge in [0.15, 0.2) is 17.5 Å². The molecule has 84 heavy (non-hydrogen) atoms. The zero-order valence-electron chi connectivity index (χ0n) is 43.3. The third kappa shape index (κ3) is 11.3. The van der Waals surface area contributed by atoms with Crippen molar-refractivity contribution in [1.29, 1.82) is 0 Å². The molecule has 7 amide bonds. The van der Waals surface area contributed by atoms with Crippen molar-refractivity contribution in [3.05, 3.63) is 154 Å². The number of nitrogens with two attached hydrogens (primary N) is 2. The van der Waals surface area contributed by atoms with Crippen LogP contribution in [0.25, 0.3) is 22.0 Å². The SMILES string of the molecule is NC(=O)C[C@@H]1NC(=O)[C@H](NC(=O)[C@H](N)Cc2c[nH]c3ccccc23)[C@H](O)c2ccc(c(Cl)c2)Oc2cc3cc(c2O)Oc2ccc(cc2)[C@@H](O)[C@@H]2NC(=O)[C@H](NC(=O)[C@@H]3NC1=O)c1ccc(O)c(c1)-c1c(O)cc(O)cc1[C@@H](C(=O)O)NC2=O. The van der Waals surface area contributed by atoms with Crippen LogP contribution in [-0.2, 0) is 44.8 Å². The molecular formula is C57H50ClN9O17.